The average Bonchev–Trinajstić information content (AvgIpc) is 3.72. The molecule has 246 valence electrons. The number of hydrogen-bond donors (Lipinski definition) is 0. The molecule has 0 spiro atoms. The predicted molar refractivity (Wildman–Crippen MR) is 218 cm³/mol. The smallest absolute Gasteiger partial charge is 0.166 e. The van der Waals surface area contributed by atoms with Crippen LogP contribution in [0.25, 0.3) is 93.0 Å². The predicted octanol–water partition coefficient (Wildman–Crippen LogP) is 12.6. The van der Waals surface area contributed by atoms with Crippen molar-refractivity contribution in [1.82, 2.24) is 19.5 Å². The number of fused-ring (bicyclic) bond motifs is 6. The lowest BCUT2D eigenvalue weighted by atomic mass is 9.99. The standard InChI is InChI=1S/C47H32N4S/c1-29-17-21-35-36-22-18-30(2)26-42(36)51(41(35)25-29)40-24-20-33(34-19-23-38-37-15-9-10-16-43(37)52-44(38)28-34)27-39(40)47-49-45(31-11-5-3-6-12-31)48-46(50-47)32-13-7-4-8-14-32/h3-28H,1-2H3. The molecule has 4 nitrogen and oxygen atoms in total. The summed E-state index contributed by atoms with van der Waals surface area (Å²) in [6.07, 6.45) is 0. The molecule has 10 rings (SSSR count). The Labute approximate surface area is 305 Å². The van der Waals surface area contributed by atoms with Crippen molar-refractivity contribution in [3.8, 4) is 51.0 Å². The van der Waals surface area contributed by atoms with E-state index in [1.807, 2.05) is 47.7 Å². The van der Waals surface area contributed by atoms with Gasteiger partial charge in [0, 0.05) is 47.6 Å². The van der Waals surface area contributed by atoms with E-state index in [-0.39, 0.29) is 0 Å². The summed E-state index contributed by atoms with van der Waals surface area (Å²) in [6, 6.07) is 56.1. The van der Waals surface area contributed by atoms with Gasteiger partial charge in [0.05, 0.1) is 16.7 Å². The van der Waals surface area contributed by atoms with Gasteiger partial charge in [-0.2, -0.15) is 0 Å². The second-order valence-electron chi connectivity index (χ2n) is 13.5. The van der Waals surface area contributed by atoms with Gasteiger partial charge in [-0.25, -0.2) is 15.0 Å². The lowest BCUT2D eigenvalue weighted by Gasteiger charge is -2.16. The van der Waals surface area contributed by atoms with Crippen LogP contribution >= 0.6 is 11.3 Å². The first kappa shape index (κ1) is 30.4. The van der Waals surface area contributed by atoms with Crippen LogP contribution in [-0.2, 0) is 0 Å². The summed E-state index contributed by atoms with van der Waals surface area (Å²) in [5.41, 5.74) is 10.8. The van der Waals surface area contributed by atoms with Gasteiger partial charge in [-0.15, -0.1) is 11.3 Å². The van der Waals surface area contributed by atoms with E-state index in [0.717, 1.165) is 44.5 Å². The van der Waals surface area contributed by atoms with Crippen molar-refractivity contribution in [3.05, 3.63) is 169 Å². The van der Waals surface area contributed by atoms with Crippen LogP contribution < -0.4 is 0 Å². The average molecular weight is 685 g/mol. The zero-order valence-electron chi connectivity index (χ0n) is 28.7. The van der Waals surface area contributed by atoms with Crippen molar-refractivity contribution < 1.29 is 0 Å². The summed E-state index contributed by atoms with van der Waals surface area (Å²) in [5, 5.41) is 5.02. The minimum atomic E-state index is 0.628. The molecule has 0 N–H and O–H groups in total. The first-order valence-electron chi connectivity index (χ1n) is 17.5. The summed E-state index contributed by atoms with van der Waals surface area (Å²) in [7, 11) is 0. The van der Waals surface area contributed by atoms with Crippen LogP contribution in [0.5, 0.6) is 0 Å². The molecule has 0 aliphatic rings. The van der Waals surface area contributed by atoms with Crippen LogP contribution in [0.4, 0.5) is 0 Å². The maximum atomic E-state index is 5.25. The van der Waals surface area contributed by atoms with E-state index in [4.69, 9.17) is 15.0 Å². The summed E-state index contributed by atoms with van der Waals surface area (Å²) in [4.78, 5) is 15.5. The molecule has 0 saturated heterocycles. The third-order valence-electron chi connectivity index (χ3n) is 9.97. The Morgan fingerprint density at radius 1 is 0.404 bits per heavy atom. The van der Waals surface area contributed by atoms with Crippen molar-refractivity contribution in [2.24, 2.45) is 0 Å². The summed E-state index contributed by atoms with van der Waals surface area (Å²) in [6.45, 7) is 4.32. The van der Waals surface area contributed by atoms with Gasteiger partial charge in [0.25, 0.3) is 0 Å². The molecule has 5 heteroatoms. The maximum Gasteiger partial charge on any atom is 0.166 e. The number of aromatic nitrogens is 4. The highest BCUT2D eigenvalue weighted by Crippen LogP contribution is 2.41. The normalized spacial score (nSPS) is 11.7. The molecule has 52 heavy (non-hydrogen) atoms. The fraction of sp³-hybridized carbons (Fsp3) is 0.0426. The molecule has 0 aliphatic carbocycles. The van der Waals surface area contributed by atoms with E-state index in [1.54, 1.807) is 0 Å². The van der Waals surface area contributed by atoms with Crippen molar-refractivity contribution in [1.29, 1.82) is 0 Å². The van der Waals surface area contributed by atoms with Gasteiger partial charge < -0.3 is 4.57 Å². The highest BCUT2D eigenvalue weighted by molar-refractivity contribution is 7.25. The SMILES string of the molecule is Cc1ccc2c3ccc(C)cc3n(-c3ccc(-c4ccc5c(c4)sc4ccccc45)cc3-c3nc(-c4ccccc4)nc(-c4ccccc4)n3)c2c1. The molecule has 0 unspecified atom stereocenters. The number of rotatable bonds is 5. The molecular formula is C47H32N4S. The van der Waals surface area contributed by atoms with Gasteiger partial charge in [-0.3, -0.25) is 0 Å². The fourth-order valence-corrected chi connectivity index (χ4v) is 8.57. The first-order chi connectivity index (χ1) is 25.6. The van der Waals surface area contributed by atoms with Crippen LogP contribution in [-0.4, -0.2) is 19.5 Å². The zero-order valence-corrected chi connectivity index (χ0v) is 29.5. The molecule has 0 amide bonds. The first-order valence-corrected chi connectivity index (χ1v) is 18.3. The van der Waals surface area contributed by atoms with Gasteiger partial charge >= 0.3 is 0 Å². The van der Waals surface area contributed by atoms with Crippen LogP contribution in [0.15, 0.2) is 158 Å². The van der Waals surface area contributed by atoms with Crippen molar-refractivity contribution >= 4 is 53.3 Å². The minimum absolute atomic E-state index is 0.628. The third kappa shape index (κ3) is 5.09. The summed E-state index contributed by atoms with van der Waals surface area (Å²) >= 11 is 1.84. The Hall–Kier alpha value is -6.43. The van der Waals surface area contributed by atoms with Gasteiger partial charge in [0.1, 0.15) is 0 Å². The van der Waals surface area contributed by atoms with Crippen molar-refractivity contribution in [3.63, 3.8) is 0 Å². The molecule has 3 aromatic heterocycles. The molecule has 0 bridgehead atoms. The zero-order chi connectivity index (χ0) is 34.8. The van der Waals surface area contributed by atoms with Gasteiger partial charge in [-0.05, 0) is 72.5 Å². The van der Waals surface area contributed by atoms with E-state index in [0.29, 0.717) is 17.5 Å². The molecule has 0 atom stereocenters. The van der Waals surface area contributed by atoms with Gasteiger partial charge in [0.15, 0.2) is 17.5 Å². The molecular weight excluding hydrogens is 653 g/mol. The number of benzene rings is 7. The number of aryl methyl sites for hydroxylation is 2. The van der Waals surface area contributed by atoms with Crippen LogP contribution in [0.3, 0.4) is 0 Å². The molecule has 0 saturated carbocycles. The van der Waals surface area contributed by atoms with E-state index < -0.39 is 0 Å². The molecule has 0 radical (unpaired) electrons. The lowest BCUT2D eigenvalue weighted by molar-refractivity contribution is 1.06. The quantitative estimate of drug-likeness (QED) is 0.181. The van der Waals surface area contributed by atoms with E-state index in [9.17, 15) is 0 Å². The summed E-state index contributed by atoms with van der Waals surface area (Å²) < 4.78 is 4.97. The highest BCUT2D eigenvalue weighted by atomic mass is 32.1. The van der Waals surface area contributed by atoms with E-state index in [2.05, 4.69) is 140 Å². The highest BCUT2D eigenvalue weighted by Gasteiger charge is 2.21. The molecule has 0 aliphatic heterocycles. The monoisotopic (exact) mass is 684 g/mol. The maximum absolute atomic E-state index is 5.25. The third-order valence-corrected chi connectivity index (χ3v) is 11.1. The number of nitrogens with zero attached hydrogens (tertiary/aromatic N) is 4. The Balaban J connectivity index is 1.28. The van der Waals surface area contributed by atoms with E-state index in [1.165, 1.54) is 42.1 Å². The second kappa shape index (κ2) is 12.1. The minimum Gasteiger partial charge on any atom is -0.308 e. The van der Waals surface area contributed by atoms with E-state index >= 15 is 0 Å². The lowest BCUT2D eigenvalue weighted by Crippen LogP contribution is -2.04. The van der Waals surface area contributed by atoms with Crippen molar-refractivity contribution in [2.45, 2.75) is 13.8 Å². The van der Waals surface area contributed by atoms with Crippen LogP contribution in [0.1, 0.15) is 11.1 Å². The number of thiophene rings is 1. The topological polar surface area (TPSA) is 43.6 Å². The Kier molecular flexibility index (Phi) is 7.08. The number of hydrogen-bond acceptors (Lipinski definition) is 4. The Morgan fingerprint density at radius 3 is 1.58 bits per heavy atom. The van der Waals surface area contributed by atoms with Gasteiger partial charge in [-0.1, -0.05) is 121 Å². The van der Waals surface area contributed by atoms with Crippen molar-refractivity contribution in [2.75, 3.05) is 0 Å². The van der Waals surface area contributed by atoms with Crippen LogP contribution in [0.2, 0.25) is 0 Å². The largest absolute Gasteiger partial charge is 0.308 e. The Morgan fingerprint density at radius 2 is 0.923 bits per heavy atom. The molecule has 7 aromatic carbocycles. The Bertz CT molecular complexity index is 2860. The second-order valence-corrected chi connectivity index (χ2v) is 14.5. The van der Waals surface area contributed by atoms with Crippen LogP contribution in [0, 0.1) is 13.8 Å². The molecule has 0 fully saturated rings. The van der Waals surface area contributed by atoms with Gasteiger partial charge in [0.2, 0.25) is 0 Å². The molecule has 3 heterocycles. The fourth-order valence-electron chi connectivity index (χ4n) is 7.42. The molecule has 10 aromatic rings. The summed E-state index contributed by atoms with van der Waals surface area (Å²) in [5.74, 6) is 1.91.